The molecule has 0 radical (unpaired) electrons. The van der Waals surface area contributed by atoms with Gasteiger partial charge in [0.25, 0.3) is 0 Å². The number of aliphatic carboxylic acids is 1. The monoisotopic (exact) mass is 553 g/mol. The number of carboxylic acid groups (broad SMARTS) is 1. The Morgan fingerprint density at radius 1 is 1.03 bits per heavy atom. The van der Waals surface area contributed by atoms with Gasteiger partial charge in [0.2, 0.25) is 0 Å². The third-order valence-corrected chi connectivity index (χ3v) is 4.70. The smallest absolute Gasteiger partial charge is 0.489 e. The number of nitrogen functional groups attached to an aromatic ring is 1. The maximum Gasteiger partial charge on any atom is 0.490 e. The molecular formula is C23H23ClF3N7O4. The number of benzene rings is 2. The Kier molecular flexibility index (Phi) is 10.6. The number of nitrogens with zero attached hydrogens (tertiary/aromatic N) is 3. The zero-order valence-electron chi connectivity index (χ0n) is 19.6. The molecule has 1 heterocycles. The zero-order chi connectivity index (χ0) is 28.3. The summed E-state index contributed by atoms with van der Waals surface area (Å²) in [5.74, 6) is -3.03. The third-order valence-electron chi connectivity index (χ3n) is 4.43. The maximum atomic E-state index is 11.9. The highest BCUT2D eigenvalue weighted by Gasteiger charge is 2.38. The molecule has 11 nitrogen and oxygen atoms in total. The largest absolute Gasteiger partial charge is 0.490 e. The highest BCUT2D eigenvalue weighted by atomic mass is 35.5. The molecule has 0 aliphatic carbocycles. The van der Waals surface area contributed by atoms with Crippen LogP contribution in [0.15, 0.2) is 59.6 Å². The SMILES string of the molecule is NC(N)=NC(=O)c1nc(Cl)c(NCCc2ccc(OCc3ccccc3)cc2)nc1N.O=C(O)C(F)(F)F. The second-order valence-corrected chi connectivity index (χ2v) is 7.69. The molecule has 0 aliphatic rings. The highest BCUT2D eigenvalue weighted by molar-refractivity contribution is 6.32. The molecule has 0 fully saturated rings. The first-order chi connectivity index (χ1) is 17.9. The van der Waals surface area contributed by atoms with E-state index in [-0.39, 0.29) is 22.5 Å². The number of aromatic nitrogens is 2. The topological polar surface area (TPSA) is 192 Å². The number of hydrogen-bond donors (Lipinski definition) is 5. The molecule has 15 heteroatoms. The predicted octanol–water partition coefficient (Wildman–Crippen LogP) is 2.99. The first-order valence-electron chi connectivity index (χ1n) is 10.6. The van der Waals surface area contributed by atoms with E-state index < -0.39 is 24.0 Å². The summed E-state index contributed by atoms with van der Waals surface area (Å²) >= 11 is 6.10. The first-order valence-corrected chi connectivity index (χ1v) is 11.0. The molecular weight excluding hydrogens is 531 g/mol. The van der Waals surface area contributed by atoms with E-state index in [0.29, 0.717) is 19.6 Å². The molecule has 3 aromatic rings. The number of anilines is 2. The molecule has 0 bridgehead atoms. The van der Waals surface area contributed by atoms with Crippen molar-refractivity contribution in [1.29, 1.82) is 0 Å². The van der Waals surface area contributed by atoms with Crippen LogP contribution in [0.25, 0.3) is 0 Å². The zero-order valence-corrected chi connectivity index (χ0v) is 20.3. The fourth-order valence-corrected chi connectivity index (χ4v) is 2.88. The van der Waals surface area contributed by atoms with Crippen molar-refractivity contribution in [3.8, 4) is 5.75 Å². The fourth-order valence-electron chi connectivity index (χ4n) is 2.69. The fraction of sp³-hybridized carbons (Fsp3) is 0.174. The Labute approximate surface area is 219 Å². The molecule has 1 aromatic heterocycles. The van der Waals surface area contributed by atoms with E-state index in [1.807, 2.05) is 54.6 Å². The van der Waals surface area contributed by atoms with E-state index in [2.05, 4.69) is 20.3 Å². The van der Waals surface area contributed by atoms with Crippen molar-refractivity contribution in [3.63, 3.8) is 0 Å². The van der Waals surface area contributed by atoms with Crippen molar-refractivity contribution in [2.24, 2.45) is 16.5 Å². The number of guanidine groups is 1. The van der Waals surface area contributed by atoms with Crippen LogP contribution in [0.5, 0.6) is 5.75 Å². The lowest BCUT2D eigenvalue weighted by Crippen LogP contribution is -2.25. The van der Waals surface area contributed by atoms with Gasteiger partial charge in [0, 0.05) is 6.54 Å². The van der Waals surface area contributed by atoms with Crippen LogP contribution in [0, 0.1) is 0 Å². The molecule has 0 saturated carbocycles. The third kappa shape index (κ3) is 9.81. The summed E-state index contributed by atoms with van der Waals surface area (Å²) in [5, 5.41) is 10.2. The molecule has 0 saturated heterocycles. The molecule has 0 atom stereocenters. The summed E-state index contributed by atoms with van der Waals surface area (Å²) in [6, 6.07) is 17.8. The van der Waals surface area contributed by atoms with Gasteiger partial charge in [-0.25, -0.2) is 14.8 Å². The standard InChI is InChI=1S/C21H22ClN7O2.C2HF3O2/c22-17-19(28-18(23)16(27-17)20(30)29-21(24)25)26-11-10-13-6-8-15(9-7-13)31-12-14-4-2-1-3-5-14;3-2(4,5)1(6)7/h1-9H,10-12H2,(H3,23,26,28)(H4,24,25,29,30);(H,6,7). The number of carbonyl (C=O) groups excluding carboxylic acids is 1. The molecule has 202 valence electrons. The van der Waals surface area contributed by atoms with E-state index >= 15 is 0 Å². The number of nitrogens with one attached hydrogen (secondary N) is 1. The number of rotatable bonds is 8. The second-order valence-electron chi connectivity index (χ2n) is 7.34. The van der Waals surface area contributed by atoms with Gasteiger partial charge >= 0.3 is 18.1 Å². The minimum absolute atomic E-state index is 0.00648. The van der Waals surface area contributed by atoms with Gasteiger partial charge in [-0.3, -0.25) is 4.79 Å². The number of ether oxygens (including phenoxy) is 1. The highest BCUT2D eigenvalue weighted by Crippen LogP contribution is 2.21. The molecule has 0 unspecified atom stereocenters. The van der Waals surface area contributed by atoms with Crippen molar-refractivity contribution < 1.29 is 32.6 Å². The summed E-state index contributed by atoms with van der Waals surface area (Å²) < 4.78 is 37.5. The summed E-state index contributed by atoms with van der Waals surface area (Å²) in [6.07, 6.45) is -4.38. The van der Waals surface area contributed by atoms with Gasteiger partial charge in [-0.15, -0.1) is 0 Å². The van der Waals surface area contributed by atoms with Crippen molar-refractivity contribution in [2.75, 3.05) is 17.6 Å². The van der Waals surface area contributed by atoms with Gasteiger partial charge in [0.05, 0.1) is 0 Å². The van der Waals surface area contributed by atoms with E-state index in [4.69, 9.17) is 43.4 Å². The van der Waals surface area contributed by atoms with Crippen molar-refractivity contribution in [3.05, 3.63) is 76.6 Å². The molecule has 2 aromatic carbocycles. The Morgan fingerprint density at radius 2 is 1.63 bits per heavy atom. The van der Waals surface area contributed by atoms with E-state index in [1.165, 1.54) is 0 Å². The Balaban J connectivity index is 0.000000638. The lowest BCUT2D eigenvalue weighted by Gasteiger charge is -2.10. The summed E-state index contributed by atoms with van der Waals surface area (Å²) in [7, 11) is 0. The van der Waals surface area contributed by atoms with Gasteiger partial charge in [-0.2, -0.15) is 18.2 Å². The van der Waals surface area contributed by atoms with E-state index in [9.17, 15) is 18.0 Å². The quantitative estimate of drug-likeness (QED) is 0.204. The Morgan fingerprint density at radius 3 is 2.18 bits per heavy atom. The lowest BCUT2D eigenvalue weighted by molar-refractivity contribution is -0.192. The van der Waals surface area contributed by atoms with Gasteiger partial charge < -0.3 is 32.4 Å². The molecule has 0 spiro atoms. The van der Waals surface area contributed by atoms with Crippen LogP contribution in [0.3, 0.4) is 0 Å². The van der Waals surface area contributed by atoms with Crippen LogP contribution in [0.1, 0.15) is 21.6 Å². The number of carbonyl (C=O) groups is 2. The molecule has 1 amide bonds. The lowest BCUT2D eigenvalue weighted by atomic mass is 10.1. The van der Waals surface area contributed by atoms with Crippen LogP contribution in [-0.4, -0.2) is 45.6 Å². The number of carboxylic acids is 1. The van der Waals surface area contributed by atoms with Crippen molar-refractivity contribution in [1.82, 2.24) is 9.97 Å². The van der Waals surface area contributed by atoms with E-state index in [1.54, 1.807) is 0 Å². The van der Waals surface area contributed by atoms with Crippen molar-refractivity contribution >= 4 is 41.1 Å². The van der Waals surface area contributed by atoms with Crippen LogP contribution in [0.4, 0.5) is 24.8 Å². The normalized spacial score (nSPS) is 10.5. The second kappa shape index (κ2) is 13.6. The van der Waals surface area contributed by atoms with Crippen molar-refractivity contribution in [2.45, 2.75) is 19.2 Å². The first kappa shape index (κ1) is 29.6. The Hall–Kier alpha value is -4.59. The average Bonchev–Trinajstić information content (AvgIpc) is 2.85. The van der Waals surface area contributed by atoms with E-state index in [0.717, 1.165) is 16.9 Å². The van der Waals surface area contributed by atoms with Gasteiger partial charge in [0.1, 0.15) is 12.4 Å². The minimum atomic E-state index is -5.08. The number of amides is 1. The van der Waals surface area contributed by atoms with Gasteiger partial charge in [0.15, 0.2) is 28.4 Å². The van der Waals surface area contributed by atoms with Crippen LogP contribution in [0.2, 0.25) is 5.15 Å². The average molecular weight is 554 g/mol. The molecule has 0 aliphatic heterocycles. The number of alkyl halides is 3. The molecule has 38 heavy (non-hydrogen) atoms. The van der Waals surface area contributed by atoms with Crippen LogP contribution < -0.4 is 27.3 Å². The maximum absolute atomic E-state index is 11.9. The summed E-state index contributed by atoms with van der Waals surface area (Å²) in [6.45, 7) is 1.04. The van der Waals surface area contributed by atoms with Crippen LogP contribution in [-0.2, 0) is 17.8 Å². The van der Waals surface area contributed by atoms with Gasteiger partial charge in [-0.1, -0.05) is 54.1 Å². The molecule has 3 rings (SSSR count). The molecule has 8 N–H and O–H groups in total. The summed E-state index contributed by atoms with van der Waals surface area (Å²) in [4.78, 5) is 32.2. The number of nitrogens with two attached hydrogens (primary N) is 3. The number of aliphatic imine (C=N–C) groups is 1. The van der Waals surface area contributed by atoms with Gasteiger partial charge in [-0.05, 0) is 29.7 Å². The predicted molar refractivity (Wildman–Crippen MR) is 135 cm³/mol. The minimum Gasteiger partial charge on any atom is -0.489 e. The Bertz CT molecular complexity index is 1270. The summed E-state index contributed by atoms with van der Waals surface area (Å²) in [5.41, 5.74) is 18.1. The number of hydrogen-bond acceptors (Lipinski definition) is 7. The van der Waals surface area contributed by atoms with Crippen LogP contribution >= 0.6 is 11.6 Å². The number of halogens is 4.